The van der Waals surface area contributed by atoms with E-state index in [0.29, 0.717) is 5.56 Å². The number of likely N-dealkylation sites (N-methyl/N-ethyl adjacent to an activating group) is 1. The summed E-state index contributed by atoms with van der Waals surface area (Å²) >= 11 is 0. The van der Waals surface area contributed by atoms with Gasteiger partial charge in [0.2, 0.25) is 0 Å². The second-order valence-corrected chi connectivity index (χ2v) is 7.87. The molecule has 6 nitrogen and oxygen atoms in total. The first-order valence-corrected chi connectivity index (χ1v) is 10.5. The quantitative estimate of drug-likeness (QED) is 0.367. The third-order valence-corrected chi connectivity index (χ3v) is 5.68. The van der Waals surface area contributed by atoms with Gasteiger partial charge in [0.25, 0.3) is 5.91 Å². The molecule has 1 fully saturated rings. The molecule has 1 saturated heterocycles. The third-order valence-electron chi connectivity index (χ3n) is 5.68. The molecule has 0 unspecified atom stereocenters. The highest BCUT2D eigenvalue weighted by molar-refractivity contribution is 6.00. The Morgan fingerprint density at radius 3 is 2.67 bits per heavy atom. The number of aryl methyl sites for hydroxylation is 1. The Morgan fingerprint density at radius 2 is 1.83 bits per heavy atom. The molecule has 0 radical (unpaired) electrons. The van der Waals surface area contributed by atoms with E-state index in [1.54, 1.807) is 4.68 Å². The molecule has 30 heavy (non-hydrogen) atoms. The maximum atomic E-state index is 12.7. The van der Waals surface area contributed by atoms with Crippen molar-refractivity contribution in [2.45, 2.75) is 19.4 Å². The standard InChI is InChI=1S/C23H29N5O.BrH/c1-25-15-17-26(18-16-25)11-4-5-12-27-13-6-8-21(19-27)23(29)24-28-14-10-20-7-2-3-9-22(20)28;/h2-3,6-10,13-14,19H,4-5,11-12,15-18H2,1H3;1H. The van der Waals surface area contributed by atoms with E-state index >= 15 is 0 Å². The first kappa shape index (κ1) is 22.5. The van der Waals surface area contributed by atoms with Crippen molar-refractivity contribution in [2.75, 3.05) is 45.2 Å². The number of carbonyl (C=O) groups is 1. The fourth-order valence-corrected chi connectivity index (χ4v) is 3.85. The van der Waals surface area contributed by atoms with Gasteiger partial charge in [0.05, 0.1) is 5.52 Å². The minimum absolute atomic E-state index is 0. The number of hydrogen-bond donors (Lipinski definition) is 1. The van der Waals surface area contributed by atoms with Gasteiger partial charge in [-0.2, -0.15) is 0 Å². The molecule has 1 N–H and O–H groups in total. The average molecular weight is 472 g/mol. The number of fused-ring (bicyclic) bond motifs is 1. The summed E-state index contributed by atoms with van der Waals surface area (Å²) in [6.07, 6.45) is 8.17. The van der Waals surface area contributed by atoms with Gasteiger partial charge in [-0.05, 0) is 38.2 Å². The Kier molecular flexibility index (Phi) is 8.01. The average Bonchev–Trinajstić information content (AvgIpc) is 3.16. The van der Waals surface area contributed by atoms with Gasteiger partial charge < -0.3 is 26.8 Å². The van der Waals surface area contributed by atoms with Crippen molar-refractivity contribution < 1.29 is 26.3 Å². The van der Waals surface area contributed by atoms with Crippen LogP contribution in [-0.4, -0.2) is 60.2 Å². The van der Waals surface area contributed by atoms with Gasteiger partial charge in [0, 0.05) is 50.2 Å². The molecule has 4 rings (SSSR count). The van der Waals surface area contributed by atoms with Crippen molar-refractivity contribution >= 4 is 16.8 Å². The van der Waals surface area contributed by atoms with E-state index in [4.69, 9.17) is 0 Å². The molecule has 160 valence electrons. The van der Waals surface area contributed by atoms with Crippen LogP contribution in [0.4, 0.5) is 0 Å². The summed E-state index contributed by atoms with van der Waals surface area (Å²) in [4.78, 5) is 17.7. The molecule has 3 heterocycles. The Balaban J connectivity index is 0.00000256. The molecule has 1 amide bonds. The summed E-state index contributed by atoms with van der Waals surface area (Å²) in [6, 6.07) is 13.8. The number of nitrogens with zero attached hydrogens (tertiary/aromatic N) is 4. The first-order chi connectivity index (χ1) is 14.2. The zero-order valence-electron chi connectivity index (χ0n) is 17.5. The van der Waals surface area contributed by atoms with E-state index in [2.05, 4.69) is 26.8 Å². The van der Waals surface area contributed by atoms with Gasteiger partial charge in [-0.15, -0.1) is 0 Å². The molecule has 2 aromatic heterocycles. The van der Waals surface area contributed by atoms with Crippen LogP contribution in [0.3, 0.4) is 0 Å². The Hall–Kier alpha value is -2.22. The van der Waals surface area contributed by atoms with Crippen molar-refractivity contribution in [1.29, 1.82) is 0 Å². The highest BCUT2D eigenvalue weighted by Gasteiger charge is 2.14. The van der Waals surface area contributed by atoms with Crippen molar-refractivity contribution in [2.24, 2.45) is 0 Å². The fourth-order valence-electron chi connectivity index (χ4n) is 3.85. The fraction of sp³-hybridized carbons (Fsp3) is 0.391. The summed E-state index contributed by atoms with van der Waals surface area (Å²) < 4.78 is 3.90. The zero-order valence-corrected chi connectivity index (χ0v) is 19.1. The first-order valence-electron chi connectivity index (χ1n) is 10.5. The summed E-state index contributed by atoms with van der Waals surface area (Å²) in [5.74, 6) is -0.0989. The molecular weight excluding hydrogens is 442 g/mol. The number of hydrogen-bond acceptors (Lipinski definition) is 3. The number of aromatic nitrogens is 2. The van der Waals surface area contributed by atoms with E-state index in [9.17, 15) is 4.79 Å². The molecule has 0 saturated carbocycles. The number of unbranched alkanes of at least 4 members (excludes halogenated alkanes) is 1. The van der Waals surface area contributed by atoms with E-state index in [0.717, 1.165) is 30.4 Å². The van der Waals surface area contributed by atoms with Crippen LogP contribution in [0.25, 0.3) is 10.9 Å². The number of rotatable bonds is 7. The number of benzene rings is 1. The molecular formula is C23H30BrN5O. The van der Waals surface area contributed by atoms with Gasteiger partial charge in [0.15, 0.2) is 12.4 Å². The number of pyridine rings is 1. The predicted octanol–water partition coefficient (Wildman–Crippen LogP) is -0.656. The van der Waals surface area contributed by atoms with Crippen molar-refractivity contribution in [1.82, 2.24) is 14.5 Å². The zero-order chi connectivity index (χ0) is 20.1. The molecule has 0 bridgehead atoms. The second kappa shape index (κ2) is 10.7. The van der Waals surface area contributed by atoms with Gasteiger partial charge in [-0.3, -0.25) is 14.9 Å². The summed E-state index contributed by atoms with van der Waals surface area (Å²) in [5, 5.41) is 1.11. The predicted molar refractivity (Wildman–Crippen MR) is 115 cm³/mol. The minimum atomic E-state index is -0.0989. The highest BCUT2D eigenvalue weighted by Crippen LogP contribution is 2.13. The number of para-hydroxylation sites is 1. The number of nitrogens with one attached hydrogen (secondary N) is 1. The van der Waals surface area contributed by atoms with E-state index in [-0.39, 0.29) is 22.9 Å². The Morgan fingerprint density at radius 1 is 1.03 bits per heavy atom. The number of carbonyl (C=O) groups excluding carboxylic acids is 1. The van der Waals surface area contributed by atoms with Crippen LogP contribution in [0.15, 0.2) is 61.1 Å². The van der Waals surface area contributed by atoms with Crippen LogP contribution in [0.5, 0.6) is 0 Å². The second-order valence-electron chi connectivity index (χ2n) is 7.87. The maximum absolute atomic E-state index is 12.7. The summed E-state index contributed by atoms with van der Waals surface area (Å²) in [6.45, 7) is 6.78. The van der Waals surface area contributed by atoms with Crippen LogP contribution < -0.4 is 27.0 Å². The van der Waals surface area contributed by atoms with Gasteiger partial charge in [-0.25, -0.2) is 4.57 Å². The van der Waals surface area contributed by atoms with Crippen LogP contribution in [0.2, 0.25) is 0 Å². The summed E-state index contributed by atoms with van der Waals surface area (Å²) in [7, 11) is 2.19. The smallest absolute Gasteiger partial charge is 0.276 e. The van der Waals surface area contributed by atoms with Crippen LogP contribution in [-0.2, 0) is 6.54 Å². The van der Waals surface area contributed by atoms with E-state index in [1.165, 1.54) is 32.6 Å². The molecule has 0 aliphatic carbocycles. The monoisotopic (exact) mass is 471 g/mol. The molecule has 3 aromatic rings. The summed E-state index contributed by atoms with van der Waals surface area (Å²) in [5.41, 5.74) is 4.64. The van der Waals surface area contributed by atoms with Crippen molar-refractivity contribution in [3.63, 3.8) is 0 Å². The largest absolute Gasteiger partial charge is 1.00 e. The Labute approximate surface area is 188 Å². The van der Waals surface area contributed by atoms with Crippen molar-refractivity contribution in [3.8, 4) is 0 Å². The lowest BCUT2D eigenvalue weighted by molar-refractivity contribution is -0.697. The van der Waals surface area contributed by atoms with Gasteiger partial charge >= 0.3 is 0 Å². The molecule has 0 spiro atoms. The van der Waals surface area contributed by atoms with Crippen LogP contribution >= 0.6 is 0 Å². The lowest BCUT2D eigenvalue weighted by Gasteiger charge is -2.32. The number of piperazine rings is 1. The minimum Gasteiger partial charge on any atom is -1.00 e. The SMILES string of the molecule is CN1CCN(CCCC[n+]2cccc(C(=O)Nn3ccc4ccccc43)c2)CC1.[Br-]. The molecule has 7 heteroatoms. The topological polar surface area (TPSA) is 44.4 Å². The van der Waals surface area contributed by atoms with E-state index < -0.39 is 0 Å². The lowest BCUT2D eigenvalue weighted by atomic mass is 10.2. The maximum Gasteiger partial charge on any atom is 0.276 e. The molecule has 1 aliphatic heterocycles. The van der Waals surface area contributed by atoms with Crippen LogP contribution in [0, 0.1) is 0 Å². The van der Waals surface area contributed by atoms with Gasteiger partial charge in [-0.1, -0.05) is 18.2 Å². The molecule has 1 aliphatic rings. The van der Waals surface area contributed by atoms with Crippen molar-refractivity contribution in [3.05, 3.63) is 66.6 Å². The Bertz CT molecular complexity index is 965. The molecule has 0 atom stereocenters. The lowest BCUT2D eigenvalue weighted by Crippen LogP contribution is -3.00. The van der Waals surface area contributed by atoms with Crippen LogP contribution in [0.1, 0.15) is 23.2 Å². The van der Waals surface area contributed by atoms with E-state index in [1.807, 2.05) is 61.1 Å². The normalized spacial score (nSPS) is 15.1. The third kappa shape index (κ3) is 5.68. The number of halogens is 1. The highest BCUT2D eigenvalue weighted by atomic mass is 79.9. The van der Waals surface area contributed by atoms with Gasteiger partial charge in [0.1, 0.15) is 12.1 Å². The number of amides is 1. The molecule has 1 aromatic carbocycles.